The fourth-order valence-electron chi connectivity index (χ4n) is 3.96. The van der Waals surface area contributed by atoms with Gasteiger partial charge in [0.15, 0.2) is 0 Å². The number of aromatic nitrogens is 1. The highest BCUT2D eigenvalue weighted by Gasteiger charge is 2.26. The Bertz CT molecular complexity index is 1110. The maximum Gasteiger partial charge on any atom is 0.242 e. The van der Waals surface area contributed by atoms with Gasteiger partial charge < -0.3 is 19.5 Å². The van der Waals surface area contributed by atoms with Crippen LogP contribution in [0, 0.1) is 0 Å². The number of benzene rings is 2. The summed E-state index contributed by atoms with van der Waals surface area (Å²) in [7, 11) is 0. The molecule has 6 nitrogen and oxygen atoms in total. The molecule has 168 valence electrons. The summed E-state index contributed by atoms with van der Waals surface area (Å²) in [4.78, 5) is 28.3. The highest BCUT2D eigenvalue weighted by molar-refractivity contribution is 9.10. The molecule has 3 aromatic rings. The van der Waals surface area contributed by atoms with E-state index in [4.69, 9.17) is 4.74 Å². The number of hydrogen-bond donors (Lipinski definition) is 1. The van der Waals surface area contributed by atoms with Crippen LogP contribution < -0.4 is 5.32 Å². The molecular weight excluding hydrogens is 490 g/mol. The SMILES string of the molecule is C[C@@H]1CN(C(=O)Cn2cc(SCC(=O)Nc3ccc(Br)cc3)c3ccccc32)C[C@H](C)O1. The van der Waals surface area contributed by atoms with Crippen LogP contribution in [0.5, 0.6) is 0 Å². The van der Waals surface area contributed by atoms with Crippen molar-refractivity contribution in [3.05, 3.63) is 59.2 Å². The lowest BCUT2D eigenvalue weighted by molar-refractivity contribution is -0.143. The van der Waals surface area contributed by atoms with Crippen LogP contribution in [0.4, 0.5) is 5.69 Å². The molecule has 1 N–H and O–H groups in total. The number of para-hydroxylation sites is 1. The average molecular weight is 516 g/mol. The fourth-order valence-corrected chi connectivity index (χ4v) is 5.11. The van der Waals surface area contributed by atoms with E-state index < -0.39 is 0 Å². The summed E-state index contributed by atoms with van der Waals surface area (Å²) in [5.41, 5.74) is 1.76. The lowest BCUT2D eigenvalue weighted by Crippen LogP contribution is -2.49. The Labute approximate surface area is 200 Å². The van der Waals surface area contributed by atoms with Gasteiger partial charge in [-0.1, -0.05) is 34.1 Å². The number of hydrogen-bond acceptors (Lipinski definition) is 4. The lowest BCUT2D eigenvalue weighted by Gasteiger charge is -2.35. The molecule has 2 atom stereocenters. The normalized spacial score (nSPS) is 18.7. The molecular formula is C24H26BrN3O3S. The van der Waals surface area contributed by atoms with E-state index >= 15 is 0 Å². The molecule has 2 heterocycles. The molecule has 32 heavy (non-hydrogen) atoms. The highest BCUT2D eigenvalue weighted by atomic mass is 79.9. The Hall–Kier alpha value is -2.29. The van der Waals surface area contributed by atoms with E-state index in [1.54, 1.807) is 0 Å². The van der Waals surface area contributed by atoms with Crippen molar-refractivity contribution in [2.24, 2.45) is 0 Å². The van der Waals surface area contributed by atoms with Crippen LogP contribution in [0.2, 0.25) is 0 Å². The molecule has 1 saturated heterocycles. The summed E-state index contributed by atoms with van der Waals surface area (Å²) in [6, 6.07) is 15.5. The van der Waals surface area contributed by atoms with Gasteiger partial charge in [-0.25, -0.2) is 0 Å². The summed E-state index contributed by atoms with van der Waals surface area (Å²) >= 11 is 4.87. The third-order valence-corrected chi connectivity index (χ3v) is 6.89. The second-order valence-electron chi connectivity index (χ2n) is 8.04. The Morgan fingerprint density at radius 1 is 1.09 bits per heavy atom. The van der Waals surface area contributed by atoms with Crippen molar-refractivity contribution in [3.8, 4) is 0 Å². The molecule has 1 aliphatic rings. The van der Waals surface area contributed by atoms with Gasteiger partial charge in [0.25, 0.3) is 0 Å². The smallest absolute Gasteiger partial charge is 0.242 e. The largest absolute Gasteiger partial charge is 0.372 e. The molecule has 2 aromatic carbocycles. The third-order valence-electron chi connectivity index (χ3n) is 5.32. The second kappa shape index (κ2) is 10.1. The van der Waals surface area contributed by atoms with Crippen molar-refractivity contribution in [1.82, 2.24) is 9.47 Å². The quantitative estimate of drug-likeness (QED) is 0.480. The predicted octanol–water partition coefficient (Wildman–Crippen LogP) is 4.77. The molecule has 0 aliphatic carbocycles. The minimum absolute atomic E-state index is 0.0412. The number of amides is 2. The summed E-state index contributed by atoms with van der Waals surface area (Å²) in [5.74, 6) is 0.301. The number of nitrogens with one attached hydrogen (secondary N) is 1. The van der Waals surface area contributed by atoms with Crippen LogP contribution in [-0.2, 0) is 20.9 Å². The summed E-state index contributed by atoms with van der Waals surface area (Å²) < 4.78 is 8.70. The Morgan fingerprint density at radius 2 is 1.78 bits per heavy atom. The maximum atomic E-state index is 13.0. The molecule has 2 amide bonds. The molecule has 0 unspecified atom stereocenters. The van der Waals surface area contributed by atoms with Gasteiger partial charge in [0.1, 0.15) is 6.54 Å². The van der Waals surface area contributed by atoms with Crippen LogP contribution in [0.25, 0.3) is 10.9 Å². The Kier molecular flexibility index (Phi) is 7.23. The van der Waals surface area contributed by atoms with Crippen LogP contribution in [0.1, 0.15) is 13.8 Å². The van der Waals surface area contributed by atoms with E-state index in [2.05, 4.69) is 21.2 Å². The summed E-state index contributed by atoms with van der Waals surface area (Å²) in [5, 5.41) is 3.96. The van der Waals surface area contributed by atoms with Crippen molar-refractivity contribution in [3.63, 3.8) is 0 Å². The first-order valence-electron chi connectivity index (χ1n) is 10.6. The van der Waals surface area contributed by atoms with Gasteiger partial charge >= 0.3 is 0 Å². The number of nitrogens with zero attached hydrogens (tertiary/aromatic N) is 2. The first-order valence-corrected chi connectivity index (χ1v) is 12.4. The number of halogens is 1. The maximum absolute atomic E-state index is 13.0. The molecule has 1 fully saturated rings. The van der Waals surface area contributed by atoms with Gasteiger partial charge in [-0.3, -0.25) is 9.59 Å². The lowest BCUT2D eigenvalue weighted by atomic mass is 10.2. The summed E-state index contributed by atoms with van der Waals surface area (Å²) in [6.07, 6.45) is 2.06. The fraction of sp³-hybridized carbons (Fsp3) is 0.333. The van der Waals surface area contributed by atoms with Crippen LogP contribution in [-0.4, -0.2) is 52.3 Å². The number of ether oxygens (including phenoxy) is 1. The Morgan fingerprint density at radius 3 is 2.50 bits per heavy atom. The Balaban J connectivity index is 1.44. The number of anilines is 1. The number of fused-ring (bicyclic) bond motifs is 1. The first kappa shape index (κ1) is 22.9. The van der Waals surface area contributed by atoms with E-state index in [-0.39, 0.29) is 36.3 Å². The second-order valence-corrected chi connectivity index (χ2v) is 9.97. The van der Waals surface area contributed by atoms with E-state index in [9.17, 15) is 9.59 Å². The number of thioether (sulfide) groups is 1. The van der Waals surface area contributed by atoms with Gasteiger partial charge in [-0.2, -0.15) is 0 Å². The number of carbonyl (C=O) groups excluding carboxylic acids is 2. The van der Waals surface area contributed by atoms with Gasteiger partial charge in [-0.15, -0.1) is 11.8 Å². The van der Waals surface area contributed by atoms with Gasteiger partial charge in [0.05, 0.1) is 18.0 Å². The van der Waals surface area contributed by atoms with Gasteiger partial charge in [-0.05, 0) is 44.2 Å². The van der Waals surface area contributed by atoms with E-state index in [1.807, 2.05) is 78.0 Å². The molecule has 8 heteroatoms. The van der Waals surface area contributed by atoms with Crippen LogP contribution >= 0.6 is 27.7 Å². The van der Waals surface area contributed by atoms with E-state index in [1.165, 1.54) is 11.8 Å². The van der Waals surface area contributed by atoms with Gasteiger partial charge in [0.2, 0.25) is 11.8 Å². The third kappa shape index (κ3) is 5.54. The molecule has 0 radical (unpaired) electrons. The van der Waals surface area contributed by atoms with Crippen molar-refractivity contribution in [1.29, 1.82) is 0 Å². The van der Waals surface area contributed by atoms with Gasteiger partial charge in [0, 0.05) is 45.2 Å². The molecule has 0 saturated carbocycles. The van der Waals surface area contributed by atoms with Crippen molar-refractivity contribution in [2.75, 3.05) is 24.2 Å². The van der Waals surface area contributed by atoms with E-state index in [0.29, 0.717) is 13.1 Å². The van der Waals surface area contributed by atoms with Crippen molar-refractivity contribution in [2.45, 2.75) is 37.5 Å². The predicted molar refractivity (Wildman–Crippen MR) is 132 cm³/mol. The topological polar surface area (TPSA) is 63.6 Å². The monoisotopic (exact) mass is 515 g/mol. The molecule has 1 aromatic heterocycles. The first-order chi connectivity index (χ1) is 15.4. The average Bonchev–Trinajstić information content (AvgIpc) is 3.11. The zero-order valence-corrected chi connectivity index (χ0v) is 20.5. The van der Waals surface area contributed by atoms with Crippen molar-refractivity contribution < 1.29 is 14.3 Å². The van der Waals surface area contributed by atoms with Crippen LogP contribution in [0.15, 0.2) is 64.1 Å². The number of morpholine rings is 1. The van der Waals surface area contributed by atoms with Crippen molar-refractivity contribution >= 4 is 56.1 Å². The highest BCUT2D eigenvalue weighted by Crippen LogP contribution is 2.30. The zero-order valence-electron chi connectivity index (χ0n) is 18.1. The van der Waals surface area contributed by atoms with E-state index in [0.717, 1.165) is 26.0 Å². The molecule has 4 rings (SSSR count). The molecule has 0 bridgehead atoms. The summed E-state index contributed by atoms with van der Waals surface area (Å²) in [6.45, 7) is 5.48. The van der Waals surface area contributed by atoms with Crippen LogP contribution in [0.3, 0.4) is 0 Å². The standard InChI is InChI=1S/C24H26BrN3O3S/c1-16-11-28(12-17(2)31-16)24(30)14-27-13-22(20-5-3-4-6-21(20)27)32-15-23(29)26-19-9-7-18(25)8-10-19/h3-10,13,16-17H,11-12,14-15H2,1-2H3,(H,26,29)/t16-,17+. The number of carbonyl (C=O) groups is 2. The molecule has 0 spiro atoms. The minimum atomic E-state index is -0.0680. The zero-order chi connectivity index (χ0) is 22.7. The number of rotatable bonds is 6. The molecule has 1 aliphatic heterocycles. The minimum Gasteiger partial charge on any atom is -0.372 e.